The van der Waals surface area contributed by atoms with Gasteiger partial charge in [-0.05, 0) is 17.5 Å². The molecule has 128 valence electrons. The molecule has 3 N–H and O–H groups in total. The summed E-state index contributed by atoms with van der Waals surface area (Å²) in [5.41, 5.74) is 9.62. The van der Waals surface area contributed by atoms with Crippen LogP contribution in [0.4, 0.5) is 4.79 Å². The number of aryl methyl sites for hydroxylation is 2. The molecule has 0 aliphatic carbocycles. The average molecular weight is 327 g/mol. The number of carbonyl (C=O) groups excluding carboxylic acids is 1. The van der Waals surface area contributed by atoms with E-state index in [1.165, 1.54) is 5.56 Å². The summed E-state index contributed by atoms with van der Waals surface area (Å²) >= 11 is 0. The first-order valence-corrected chi connectivity index (χ1v) is 8.41. The van der Waals surface area contributed by atoms with Gasteiger partial charge in [0.25, 0.3) is 0 Å². The molecule has 2 atom stereocenters. The molecule has 1 fully saturated rings. The van der Waals surface area contributed by atoms with Crippen LogP contribution < -0.4 is 11.1 Å². The van der Waals surface area contributed by atoms with Gasteiger partial charge in [-0.3, -0.25) is 0 Å². The largest absolute Gasteiger partial charge is 0.340 e. The summed E-state index contributed by atoms with van der Waals surface area (Å²) in [5.74, 6) is 0.0971. The van der Waals surface area contributed by atoms with Gasteiger partial charge in [0.15, 0.2) is 0 Å². The number of aromatic nitrogens is 2. The number of imidazole rings is 1. The summed E-state index contributed by atoms with van der Waals surface area (Å²) in [5, 5.41) is 3.02. The standard InChI is InChI=1S/C18H25N5O/c1-3-13-6-4-5-7-14(13)8-20-18(24)23-9-15(16(19)10-23)17-11-22(2)12-21-17/h4-7,11-12,15-16H,3,8-10,19H2,1-2H3,(H,20,24)/t15-,16-/m1/s1. The van der Waals surface area contributed by atoms with Crippen molar-refractivity contribution in [2.24, 2.45) is 12.8 Å². The van der Waals surface area contributed by atoms with Gasteiger partial charge in [0.05, 0.1) is 12.0 Å². The molecule has 6 heteroatoms. The fraction of sp³-hybridized carbons (Fsp3) is 0.444. The first-order chi connectivity index (χ1) is 11.6. The topological polar surface area (TPSA) is 76.2 Å². The second kappa shape index (κ2) is 7.05. The summed E-state index contributed by atoms with van der Waals surface area (Å²) < 4.78 is 1.91. The maximum Gasteiger partial charge on any atom is 0.317 e. The van der Waals surface area contributed by atoms with E-state index in [1.807, 2.05) is 29.9 Å². The first-order valence-electron chi connectivity index (χ1n) is 8.41. The van der Waals surface area contributed by atoms with Crippen molar-refractivity contribution in [2.75, 3.05) is 13.1 Å². The number of amides is 2. The lowest BCUT2D eigenvalue weighted by molar-refractivity contribution is 0.207. The monoisotopic (exact) mass is 327 g/mol. The number of benzene rings is 1. The highest BCUT2D eigenvalue weighted by atomic mass is 16.2. The Morgan fingerprint density at radius 2 is 2.08 bits per heavy atom. The summed E-state index contributed by atoms with van der Waals surface area (Å²) in [4.78, 5) is 18.7. The summed E-state index contributed by atoms with van der Waals surface area (Å²) in [6.45, 7) is 3.84. The van der Waals surface area contributed by atoms with E-state index in [4.69, 9.17) is 5.73 Å². The minimum absolute atomic E-state index is 0.0604. The van der Waals surface area contributed by atoms with Crippen LogP contribution in [-0.4, -0.2) is 39.6 Å². The molecule has 24 heavy (non-hydrogen) atoms. The normalized spacial score (nSPS) is 20.4. The number of nitrogens with zero attached hydrogens (tertiary/aromatic N) is 3. The van der Waals surface area contributed by atoms with E-state index < -0.39 is 0 Å². The van der Waals surface area contributed by atoms with E-state index in [1.54, 1.807) is 11.2 Å². The number of nitrogens with two attached hydrogens (primary N) is 1. The van der Waals surface area contributed by atoms with Gasteiger partial charge in [-0.1, -0.05) is 31.2 Å². The van der Waals surface area contributed by atoms with E-state index in [0.717, 1.165) is 17.7 Å². The number of carbonyl (C=O) groups is 1. The molecular formula is C18H25N5O. The molecule has 6 nitrogen and oxygen atoms in total. The Morgan fingerprint density at radius 1 is 1.33 bits per heavy atom. The Labute approximate surface area is 142 Å². The van der Waals surface area contributed by atoms with Crippen molar-refractivity contribution in [3.63, 3.8) is 0 Å². The number of rotatable bonds is 4. The minimum Gasteiger partial charge on any atom is -0.340 e. The van der Waals surface area contributed by atoms with Gasteiger partial charge >= 0.3 is 6.03 Å². The maximum atomic E-state index is 12.5. The average Bonchev–Trinajstić information content (AvgIpc) is 3.18. The zero-order chi connectivity index (χ0) is 17.1. The Bertz CT molecular complexity index is 711. The predicted octanol–water partition coefficient (Wildman–Crippen LogP) is 1.62. The second-order valence-electron chi connectivity index (χ2n) is 6.42. The lowest BCUT2D eigenvalue weighted by atomic mass is 10.0. The number of urea groups is 1. The number of hydrogen-bond donors (Lipinski definition) is 2. The highest BCUT2D eigenvalue weighted by Gasteiger charge is 2.35. The fourth-order valence-electron chi connectivity index (χ4n) is 3.29. The lowest BCUT2D eigenvalue weighted by Gasteiger charge is -2.17. The van der Waals surface area contributed by atoms with Gasteiger partial charge in [0.2, 0.25) is 0 Å². The summed E-state index contributed by atoms with van der Waals surface area (Å²) in [6, 6.07) is 8.06. The molecule has 1 aliphatic heterocycles. The maximum absolute atomic E-state index is 12.5. The van der Waals surface area contributed by atoms with Crippen LogP contribution in [0.3, 0.4) is 0 Å². The third-order valence-electron chi connectivity index (χ3n) is 4.69. The van der Waals surface area contributed by atoms with Crippen molar-refractivity contribution in [3.8, 4) is 0 Å². The third-order valence-corrected chi connectivity index (χ3v) is 4.69. The summed E-state index contributed by atoms with van der Waals surface area (Å²) in [7, 11) is 1.94. The molecule has 2 heterocycles. The Hall–Kier alpha value is -2.34. The number of hydrogen-bond acceptors (Lipinski definition) is 3. The Morgan fingerprint density at radius 3 is 2.75 bits per heavy atom. The molecule has 1 aromatic carbocycles. The van der Waals surface area contributed by atoms with Crippen LogP contribution in [0.5, 0.6) is 0 Å². The van der Waals surface area contributed by atoms with Crippen molar-refractivity contribution in [2.45, 2.75) is 31.8 Å². The Kier molecular flexibility index (Phi) is 4.85. The van der Waals surface area contributed by atoms with E-state index >= 15 is 0 Å². The predicted molar refractivity (Wildman–Crippen MR) is 93.6 cm³/mol. The molecule has 2 amide bonds. The van der Waals surface area contributed by atoms with Crippen LogP contribution in [0.1, 0.15) is 29.7 Å². The number of nitrogens with one attached hydrogen (secondary N) is 1. The van der Waals surface area contributed by atoms with Gasteiger partial charge < -0.3 is 20.5 Å². The van der Waals surface area contributed by atoms with Gasteiger partial charge in [0, 0.05) is 44.8 Å². The zero-order valence-corrected chi connectivity index (χ0v) is 14.3. The highest BCUT2D eigenvalue weighted by Crippen LogP contribution is 2.25. The van der Waals surface area contributed by atoms with Crippen LogP contribution in [0, 0.1) is 0 Å². The fourth-order valence-corrected chi connectivity index (χ4v) is 3.29. The van der Waals surface area contributed by atoms with Crippen molar-refractivity contribution < 1.29 is 4.79 Å². The van der Waals surface area contributed by atoms with Crippen molar-refractivity contribution in [3.05, 3.63) is 53.6 Å². The van der Waals surface area contributed by atoms with Gasteiger partial charge in [0.1, 0.15) is 0 Å². The van der Waals surface area contributed by atoms with Gasteiger partial charge in [-0.25, -0.2) is 9.78 Å². The van der Waals surface area contributed by atoms with E-state index in [0.29, 0.717) is 19.6 Å². The first kappa shape index (κ1) is 16.5. The highest BCUT2D eigenvalue weighted by molar-refractivity contribution is 5.74. The quantitative estimate of drug-likeness (QED) is 0.896. The van der Waals surface area contributed by atoms with Crippen LogP contribution in [-0.2, 0) is 20.0 Å². The van der Waals surface area contributed by atoms with E-state index in [9.17, 15) is 4.79 Å². The molecule has 3 rings (SSSR count). The van der Waals surface area contributed by atoms with Crippen molar-refractivity contribution in [1.29, 1.82) is 0 Å². The van der Waals surface area contributed by atoms with Crippen LogP contribution in [0.15, 0.2) is 36.8 Å². The van der Waals surface area contributed by atoms with Gasteiger partial charge in [-0.15, -0.1) is 0 Å². The molecule has 2 aromatic rings. The molecule has 0 unspecified atom stereocenters. The lowest BCUT2D eigenvalue weighted by Crippen LogP contribution is -2.39. The molecule has 0 radical (unpaired) electrons. The third kappa shape index (κ3) is 3.43. The SMILES string of the molecule is CCc1ccccc1CNC(=O)N1C[C@@H](N)[C@H](c2cn(C)cn2)C1. The summed E-state index contributed by atoms with van der Waals surface area (Å²) in [6.07, 6.45) is 4.71. The number of likely N-dealkylation sites (tertiary alicyclic amines) is 1. The molecule has 0 spiro atoms. The zero-order valence-electron chi connectivity index (χ0n) is 14.3. The van der Waals surface area contributed by atoms with E-state index in [2.05, 4.69) is 29.4 Å². The molecule has 0 saturated carbocycles. The smallest absolute Gasteiger partial charge is 0.317 e. The molecular weight excluding hydrogens is 302 g/mol. The van der Waals surface area contributed by atoms with Crippen molar-refractivity contribution >= 4 is 6.03 Å². The van der Waals surface area contributed by atoms with Crippen LogP contribution in [0.25, 0.3) is 0 Å². The minimum atomic E-state index is -0.0754. The Balaban J connectivity index is 1.60. The van der Waals surface area contributed by atoms with Crippen LogP contribution >= 0.6 is 0 Å². The van der Waals surface area contributed by atoms with Gasteiger partial charge in [-0.2, -0.15) is 0 Å². The molecule has 1 saturated heterocycles. The van der Waals surface area contributed by atoms with E-state index in [-0.39, 0.29) is 18.0 Å². The van der Waals surface area contributed by atoms with Crippen LogP contribution in [0.2, 0.25) is 0 Å². The second-order valence-corrected chi connectivity index (χ2v) is 6.42. The molecule has 0 bridgehead atoms. The van der Waals surface area contributed by atoms with Crippen molar-refractivity contribution in [1.82, 2.24) is 19.8 Å². The molecule has 1 aromatic heterocycles. The molecule has 1 aliphatic rings.